The van der Waals surface area contributed by atoms with E-state index >= 15 is 0 Å². The molecule has 9 heteroatoms. The number of aromatic nitrogens is 2. The summed E-state index contributed by atoms with van der Waals surface area (Å²) in [5, 5.41) is 9.11. The van der Waals surface area contributed by atoms with Gasteiger partial charge in [0.05, 0.1) is 6.26 Å². The topological polar surface area (TPSA) is 119 Å². The zero-order chi connectivity index (χ0) is 19.1. The normalized spacial score (nSPS) is 10.4. The van der Waals surface area contributed by atoms with Crippen LogP contribution >= 0.6 is 0 Å². The monoisotopic (exact) mass is 370 g/mol. The smallest absolute Gasteiger partial charge is 0.287 e. The van der Waals surface area contributed by atoms with Crippen LogP contribution in [0, 0.1) is 6.92 Å². The van der Waals surface area contributed by atoms with Gasteiger partial charge in [0, 0.05) is 25.6 Å². The van der Waals surface area contributed by atoms with Crippen LogP contribution in [0.3, 0.4) is 0 Å². The number of benzene rings is 1. The number of carbonyl (C=O) groups excluding carboxylic acids is 2. The molecule has 0 aliphatic heterocycles. The van der Waals surface area contributed by atoms with Gasteiger partial charge < -0.3 is 24.3 Å². The molecule has 0 saturated carbocycles. The van der Waals surface area contributed by atoms with E-state index in [0.29, 0.717) is 29.6 Å². The number of hydrogen-bond acceptors (Lipinski definition) is 7. The quantitative estimate of drug-likeness (QED) is 0.579. The number of furan rings is 1. The molecule has 140 valence electrons. The Hall–Kier alpha value is -3.62. The second-order valence-corrected chi connectivity index (χ2v) is 5.53. The fourth-order valence-corrected chi connectivity index (χ4v) is 2.20. The molecular weight excluding hydrogens is 352 g/mol. The van der Waals surface area contributed by atoms with Crippen molar-refractivity contribution in [2.75, 3.05) is 13.1 Å². The Morgan fingerprint density at radius 1 is 1.07 bits per heavy atom. The maximum absolute atomic E-state index is 12.1. The van der Waals surface area contributed by atoms with Crippen LogP contribution in [-0.4, -0.2) is 35.0 Å². The molecule has 1 aromatic carbocycles. The maximum Gasteiger partial charge on any atom is 0.287 e. The predicted octanol–water partition coefficient (Wildman–Crippen LogP) is 1.71. The molecule has 0 unspecified atom stereocenters. The molecule has 0 saturated heterocycles. The van der Waals surface area contributed by atoms with Crippen molar-refractivity contribution < 1.29 is 23.3 Å². The Balaban J connectivity index is 1.40. The third-order valence-electron chi connectivity index (χ3n) is 3.50. The Bertz CT molecular complexity index is 887. The number of nitrogens with one attached hydrogen (secondary N) is 2. The number of nitrogens with zero attached hydrogens (tertiary/aromatic N) is 2. The standard InChI is InChI=1S/C18H18N4O5/c1-12-21-16(22-27-12)11-26-14-6-4-13(5-7-14)17(23)19-8-9-20-18(24)15-3-2-10-25-15/h2-7,10H,8-9,11H2,1H3,(H,19,23)(H,20,24). The van der Waals surface area contributed by atoms with Gasteiger partial charge >= 0.3 is 0 Å². The Labute approximate surface area is 154 Å². The first-order valence-electron chi connectivity index (χ1n) is 8.24. The van der Waals surface area contributed by atoms with Gasteiger partial charge in [-0.15, -0.1) is 0 Å². The zero-order valence-electron chi connectivity index (χ0n) is 14.6. The third-order valence-corrected chi connectivity index (χ3v) is 3.50. The molecule has 0 spiro atoms. The molecule has 0 bridgehead atoms. The summed E-state index contributed by atoms with van der Waals surface area (Å²) in [5.74, 6) is 1.16. The average molecular weight is 370 g/mol. The van der Waals surface area contributed by atoms with Crippen LogP contribution < -0.4 is 15.4 Å². The average Bonchev–Trinajstić information content (AvgIpc) is 3.35. The largest absolute Gasteiger partial charge is 0.485 e. The van der Waals surface area contributed by atoms with E-state index in [4.69, 9.17) is 13.7 Å². The first kappa shape index (κ1) is 18.2. The first-order valence-corrected chi connectivity index (χ1v) is 8.24. The van der Waals surface area contributed by atoms with Crippen LogP contribution in [0.15, 0.2) is 51.6 Å². The highest BCUT2D eigenvalue weighted by Gasteiger charge is 2.09. The molecule has 0 fully saturated rings. The van der Waals surface area contributed by atoms with Crippen molar-refractivity contribution >= 4 is 11.8 Å². The van der Waals surface area contributed by atoms with Crippen molar-refractivity contribution in [3.8, 4) is 5.75 Å². The van der Waals surface area contributed by atoms with Crippen LogP contribution in [-0.2, 0) is 6.61 Å². The highest BCUT2D eigenvalue weighted by Crippen LogP contribution is 2.13. The van der Waals surface area contributed by atoms with E-state index in [9.17, 15) is 9.59 Å². The summed E-state index contributed by atoms with van der Waals surface area (Å²) in [7, 11) is 0. The SMILES string of the molecule is Cc1nc(COc2ccc(C(=O)NCCNC(=O)c3ccco3)cc2)no1. The van der Waals surface area contributed by atoms with Gasteiger partial charge in [0.15, 0.2) is 12.4 Å². The van der Waals surface area contributed by atoms with E-state index in [1.807, 2.05) is 0 Å². The molecule has 2 N–H and O–H groups in total. The Morgan fingerprint density at radius 3 is 2.44 bits per heavy atom. The van der Waals surface area contributed by atoms with Gasteiger partial charge in [-0.1, -0.05) is 5.16 Å². The predicted molar refractivity (Wildman–Crippen MR) is 93.2 cm³/mol. The molecule has 2 aromatic heterocycles. The van der Waals surface area contributed by atoms with Crippen molar-refractivity contribution in [1.82, 2.24) is 20.8 Å². The highest BCUT2D eigenvalue weighted by atomic mass is 16.5. The van der Waals surface area contributed by atoms with Gasteiger partial charge in [-0.05, 0) is 36.4 Å². The molecule has 0 aliphatic carbocycles. The number of rotatable bonds is 8. The van der Waals surface area contributed by atoms with Crippen LogP contribution in [0.1, 0.15) is 32.6 Å². The van der Waals surface area contributed by atoms with Crippen molar-refractivity contribution in [2.45, 2.75) is 13.5 Å². The summed E-state index contributed by atoms with van der Waals surface area (Å²) in [4.78, 5) is 27.8. The molecule has 3 aromatic rings. The molecule has 9 nitrogen and oxygen atoms in total. The molecule has 27 heavy (non-hydrogen) atoms. The highest BCUT2D eigenvalue weighted by molar-refractivity contribution is 5.94. The van der Waals surface area contributed by atoms with Gasteiger partial charge in [0.1, 0.15) is 5.75 Å². The van der Waals surface area contributed by atoms with E-state index in [1.165, 1.54) is 6.26 Å². The third kappa shape index (κ3) is 5.18. The van der Waals surface area contributed by atoms with E-state index in [2.05, 4.69) is 20.8 Å². The number of aryl methyl sites for hydroxylation is 1. The lowest BCUT2D eigenvalue weighted by atomic mass is 10.2. The Morgan fingerprint density at radius 2 is 1.81 bits per heavy atom. The summed E-state index contributed by atoms with van der Waals surface area (Å²) < 4.78 is 15.4. The second kappa shape index (κ2) is 8.65. The number of hydrogen-bond donors (Lipinski definition) is 2. The van der Waals surface area contributed by atoms with Gasteiger partial charge in [-0.25, -0.2) is 0 Å². The van der Waals surface area contributed by atoms with Gasteiger partial charge in [0.2, 0.25) is 11.7 Å². The van der Waals surface area contributed by atoms with Crippen LogP contribution in [0.4, 0.5) is 0 Å². The van der Waals surface area contributed by atoms with Crippen molar-refractivity contribution in [3.05, 3.63) is 65.7 Å². The van der Waals surface area contributed by atoms with E-state index in [1.54, 1.807) is 43.3 Å². The minimum Gasteiger partial charge on any atom is -0.485 e. The van der Waals surface area contributed by atoms with E-state index in [-0.39, 0.29) is 30.7 Å². The maximum atomic E-state index is 12.1. The summed E-state index contributed by atoms with van der Waals surface area (Å²) in [6.07, 6.45) is 1.42. The van der Waals surface area contributed by atoms with Crippen LogP contribution in [0.2, 0.25) is 0 Å². The number of carbonyl (C=O) groups is 2. The minimum atomic E-state index is -0.326. The van der Waals surface area contributed by atoms with Crippen molar-refractivity contribution in [3.63, 3.8) is 0 Å². The molecule has 0 atom stereocenters. The summed E-state index contributed by atoms with van der Waals surface area (Å²) >= 11 is 0. The van der Waals surface area contributed by atoms with Crippen LogP contribution in [0.25, 0.3) is 0 Å². The minimum absolute atomic E-state index is 0.179. The first-order chi connectivity index (χ1) is 13.1. The van der Waals surface area contributed by atoms with E-state index in [0.717, 1.165) is 0 Å². The molecule has 3 rings (SSSR count). The Kier molecular flexibility index (Phi) is 5.83. The van der Waals surface area contributed by atoms with Gasteiger partial charge in [0.25, 0.3) is 11.8 Å². The number of amides is 2. The van der Waals surface area contributed by atoms with Gasteiger partial charge in [-0.3, -0.25) is 9.59 Å². The molecule has 0 aliphatic rings. The fraction of sp³-hybridized carbons (Fsp3) is 0.222. The number of ether oxygens (including phenoxy) is 1. The molecule has 2 heterocycles. The lowest BCUT2D eigenvalue weighted by Crippen LogP contribution is -2.34. The van der Waals surface area contributed by atoms with Crippen LogP contribution in [0.5, 0.6) is 5.75 Å². The molecule has 0 radical (unpaired) electrons. The summed E-state index contributed by atoms with van der Waals surface area (Å²) in [6, 6.07) is 9.85. The van der Waals surface area contributed by atoms with E-state index < -0.39 is 0 Å². The van der Waals surface area contributed by atoms with Crippen molar-refractivity contribution in [2.24, 2.45) is 0 Å². The lowest BCUT2D eigenvalue weighted by molar-refractivity contribution is 0.0910. The summed E-state index contributed by atoms with van der Waals surface area (Å²) in [6.45, 7) is 2.46. The second-order valence-electron chi connectivity index (χ2n) is 5.53. The lowest BCUT2D eigenvalue weighted by Gasteiger charge is -2.07. The van der Waals surface area contributed by atoms with Crippen molar-refractivity contribution in [1.29, 1.82) is 0 Å². The zero-order valence-corrected chi connectivity index (χ0v) is 14.6. The summed E-state index contributed by atoms with van der Waals surface area (Å²) in [5.41, 5.74) is 0.482. The molecule has 2 amide bonds. The molecular formula is C18H18N4O5. The fourth-order valence-electron chi connectivity index (χ4n) is 2.20. The van der Waals surface area contributed by atoms with Gasteiger partial charge in [-0.2, -0.15) is 4.98 Å².